The highest BCUT2D eigenvalue weighted by molar-refractivity contribution is 5.91. The number of aliphatic hydroxyl groups is 1. The third-order valence-electron chi connectivity index (χ3n) is 3.72. The van der Waals surface area contributed by atoms with Crippen molar-refractivity contribution >= 4 is 5.97 Å². The predicted molar refractivity (Wildman–Crippen MR) is 78.6 cm³/mol. The molecule has 1 aromatic carbocycles. The highest BCUT2D eigenvalue weighted by Crippen LogP contribution is 2.41. The van der Waals surface area contributed by atoms with Crippen molar-refractivity contribution in [2.24, 2.45) is 11.8 Å². The van der Waals surface area contributed by atoms with E-state index in [1.165, 1.54) is 0 Å². The molecule has 0 unspecified atom stereocenters. The summed E-state index contributed by atoms with van der Waals surface area (Å²) in [5, 5.41) is 9.07. The lowest BCUT2D eigenvalue weighted by Crippen LogP contribution is -2.24. The highest BCUT2D eigenvalue weighted by Gasteiger charge is 2.35. The van der Waals surface area contributed by atoms with Gasteiger partial charge in [-0.25, -0.2) is 4.79 Å². The zero-order chi connectivity index (χ0) is 14.8. The molecule has 0 radical (unpaired) electrons. The van der Waals surface area contributed by atoms with Crippen molar-refractivity contribution < 1.29 is 14.6 Å². The Bertz CT molecular complexity index is 473. The van der Waals surface area contributed by atoms with Crippen molar-refractivity contribution in [3.63, 3.8) is 0 Å². The zero-order valence-corrected chi connectivity index (χ0v) is 12.6. The summed E-state index contributed by atoms with van der Waals surface area (Å²) in [7, 11) is 0. The van der Waals surface area contributed by atoms with Crippen LogP contribution in [0.1, 0.15) is 49.5 Å². The summed E-state index contributed by atoms with van der Waals surface area (Å²) in [6.07, 6.45) is 3.02. The molecule has 20 heavy (non-hydrogen) atoms. The summed E-state index contributed by atoms with van der Waals surface area (Å²) >= 11 is 0. The van der Waals surface area contributed by atoms with Crippen LogP contribution in [0.2, 0.25) is 0 Å². The Balaban J connectivity index is 2.00. The fourth-order valence-corrected chi connectivity index (χ4v) is 2.50. The van der Waals surface area contributed by atoms with Gasteiger partial charge in [-0.1, -0.05) is 18.2 Å². The van der Waals surface area contributed by atoms with E-state index in [2.05, 4.69) is 0 Å². The van der Waals surface area contributed by atoms with Crippen LogP contribution in [-0.4, -0.2) is 23.3 Å². The van der Waals surface area contributed by atoms with Crippen LogP contribution in [0.4, 0.5) is 0 Å². The highest BCUT2D eigenvalue weighted by atomic mass is 16.6. The fraction of sp³-hybridized carbons (Fsp3) is 0.588. The van der Waals surface area contributed by atoms with Crippen LogP contribution < -0.4 is 0 Å². The first kappa shape index (κ1) is 15.0. The van der Waals surface area contributed by atoms with Gasteiger partial charge in [-0.2, -0.15) is 0 Å². The van der Waals surface area contributed by atoms with Gasteiger partial charge < -0.3 is 9.84 Å². The predicted octanol–water partition coefficient (Wildman–Crippen LogP) is 3.20. The van der Waals surface area contributed by atoms with Crippen molar-refractivity contribution in [3.05, 3.63) is 35.4 Å². The third-order valence-corrected chi connectivity index (χ3v) is 3.72. The first-order chi connectivity index (χ1) is 9.40. The molecule has 0 heterocycles. The van der Waals surface area contributed by atoms with E-state index in [4.69, 9.17) is 9.84 Å². The topological polar surface area (TPSA) is 46.5 Å². The Hall–Kier alpha value is -1.35. The first-order valence-electron chi connectivity index (χ1n) is 7.33. The number of esters is 1. The molecular weight excluding hydrogens is 252 g/mol. The number of carbonyl (C=O) groups excluding carboxylic acids is 1. The third kappa shape index (κ3) is 4.07. The van der Waals surface area contributed by atoms with Gasteiger partial charge in [-0.05, 0) is 63.5 Å². The SMILES string of the molecule is CC(C)(C)OC(=O)c1ccccc1CC[C@@H]1C[C@H]1CO. The molecule has 0 bridgehead atoms. The van der Waals surface area contributed by atoms with Gasteiger partial charge in [0.25, 0.3) is 0 Å². The van der Waals surface area contributed by atoms with E-state index in [1.807, 2.05) is 45.0 Å². The Morgan fingerprint density at radius 3 is 2.60 bits per heavy atom. The molecule has 0 aliphatic heterocycles. The van der Waals surface area contributed by atoms with Crippen molar-refractivity contribution in [1.29, 1.82) is 0 Å². The second kappa shape index (κ2) is 5.96. The molecule has 2 rings (SSSR count). The molecule has 0 spiro atoms. The van der Waals surface area contributed by atoms with Crippen molar-refractivity contribution in [3.8, 4) is 0 Å². The number of hydrogen-bond donors (Lipinski definition) is 1. The summed E-state index contributed by atoms with van der Waals surface area (Å²) < 4.78 is 5.45. The number of carbonyl (C=O) groups is 1. The molecule has 110 valence electrons. The van der Waals surface area contributed by atoms with E-state index in [9.17, 15) is 4.79 Å². The smallest absolute Gasteiger partial charge is 0.338 e. The van der Waals surface area contributed by atoms with Crippen molar-refractivity contribution in [1.82, 2.24) is 0 Å². The van der Waals surface area contributed by atoms with Gasteiger partial charge in [-0.3, -0.25) is 0 Å². The summed E-state index contributed by atoms with van der Waals surface area (Å²) in [5.41, 5.74) is 1.25. The number of aryl methyl sites for hydroxylation is 1. The van der Waals surface area contributed by atoms with Gasteiger partial charge in [0.15, 0.2) is 0 Å². The second-order valence-corrected chi connectivity index (χ2v) is 6.64. The van der Waals surface area contributed by atoms with E-state index < -0.39 is 5.60 Å². The van der Waals surface area contributed by atoms with E-state index in [0.29, 0.717) is 24.0 Å². The zero-order valence-electron chi connectivity index (χ0n) is 12.6. The first-order valence-corrected chi connectivity index (χ1v) is 7.33. The maximum atomic E-state index is 12.2. The van der Waals surface area contributed by atoms with Gasteiger partial charge in [0.2, 0.25) is 0 Å². The summed E-state index contributed by atoms with van der Waals surface area (Å²) in [6.45, 7) is 5.93. The molecule has 1 aliphatic rings. The summed E-state index contributed by atoms with van der Waals surface area (Å²) in [6, 6.07) is 7.66. The largest absolute Gasteiger partial charge is 0.456 e. The van der Waals surface area contributed by atoms with Crippen LogP contribution in [0.15, 0.2) is 24.3 Å². The monoisotopic (exact) mass is 276 g/mol. The summed E-state index contributed by atoms with van der Waals surface area (Å²) in [5.74, 6) is 0.845. The van der Waals surface area contributed by atoms with Gasteiger partial charge >= 0.3 is 5.97 Å². The molecule has 1 fully saturated rings. The standard InChI is InChI=1S/C17H24O3/c1-17(2,3)20-16(19)15-7-5-4-6-12(15)8-9-13-10-14(13)11-18/h4-7,13-14,18H,8-11H2,1-3H3/t13-,14+/m1/s1. The lowest BCUT2D eigenvalue weighted by molar-refractivity contribution is 0.00683. The quantitative estimate of drug-likeness (QED) is 0.840. The van der Waals surface area contributed by atoms with Gasteiger partial charge in [0.1, 0.15) is 5.60 Å². The molecule has 1 aromatic rings. The minimum Gasteiger partial charge on any atom is -0.456 e. The molecule has 3 heteroatoms. The number of benzene rings is 1. The molecule has 1 N–H and O–H groups in total. The lowest BCUT2D eigenvalue weighted by Gasteiger charge is -2.20. The molecule has 0 saturated heterocycles. The number of hydrogen-bond acceptors (Lipinski definition) is 3. The molecule has 2 atom stereocenters. The lowest BCUT2D eigenvalue weighted by atomic mass is 10.0. The number of rotatable bonds is 5. The number of aliphatic hydroxyl groups excluding tert-OH is 1. The van der Waals surface area contributed by atoms with Crippen molar-refractivity contribution in [2.45, 2.75) is 45.6 Å². The average Bonchev–Trinajstić information content (AvgIpc) is 3.13. The van der Waals surface area contributed by atoms with E-state index >= 15 is 0 Å². The van der Waals surface area contributed by atoms with Crippen LogP contribution in [0.25, 0.3) is 0 Å². The van der Waals surface area contributed by atoms with Gasteiger partial charge in [0, 0.05) is 6.61 Å². The Labute approximate surface area is 121 Å². The molecule has 0 amide bonds. The van der Waals surface area contributed by atoms with Crippen molar-refractivity contribution in [2.75, 3.05) is 6.61 Å². The van der Waals surface area contributed by atoms with E-state index in [1.54, 1.807) is 0 Å². The minimum atomic E-state index is -0.470. The Morgan fingerprint density at radius 2 is 2.00 bits per heavy atom. The molecular formula is C17H24O3. The van der Waals surface area contributed by atoms with E-state index in [-0.39, 0.29) is 5.97 Å². The molecule has 1 saturated carbocycles. The summed E-state index contributed by atoms with van der Waals surface area (Å²) in [4.78, 5) is 12.2. The minimum absolute atomic E-state index is 0.248. The van der Waals surface area contributed by atoms with Crippen LogP contribution in [0.5, 0.6) is 0 Å². The maximum Gasteiger partial charge on any atom is 0.338 e. The average molecular weight is 276 g/mol. The maximum absolute atomic E-state index is 12.2. The molecule has 1 aliphatic carbocycles. The normalized spacial score (nSPS) is 21.6. The van der Waals surface area contributed by atoms with Crippen LogP contribution in [0.3, 0.4) is 0 Å². The van der Waals surface area contributed by atoms with Crippen LogP contribution in [-0.2, 0) is 11.2 Å². The van der Waals surface area contributed by atoms with Gasteiger partial charge in [0.05, 0.1) is 5.56 Å². The van der Waals surface area contributed by atoms with Gasteiger partial charge in [-0.15, -0.1) is 0 Å². The Kier molecular flexibility index (Phi) is 4.48. The molecule has 0 aromatic heterocycles. The number of ether oxygens (including phenoxy) is 1. The second-order valence-electron chi connectivity index (χ2n) is 6.64. The van der Waals surface area contributed by atoms with E-state index in [0.717, 1.165) is 24.8 Å². The van der Waals surface area contributed by atoms with Crippen LogP contribution in [0, 0.1) is 11.8 Å². The van der Waals surface area contributed by atoms with Crippen LogP contribution >= 0.6 is 0 Å². The Morgan fingerprint density at radius 1 is 1.30 bits per heavy atom. The molecule has 3 nitrogen and oxygen atoms in total. The fourth-order valence-electron chi connectivity index (χ4n) is 2.50.